The van der Waals surface area contributed by atoms with Crippen molar-refractivity contribution in [1.29, 1.82) is 0 Å². The fourth-order valence-corrected chi connectivity index (χ4v) is 5.57. The van der Waals surface area contributed by atoms with Gasteiger partial charge in [-0.1, -0.05) is 45.0 Å². The number of ether oxygens (including phenoxy) is 4. The molecular weight excluding hydrogens is 462 g/mol. The SMILES string of the molecule is COc1cc2c3c(c4cc(OC)c(OC)cc4c2cc1OC)CN(Cc1ccc(C(C)(C)C)cc1)CC3. The van der Waals surface area contributed by atoms with Crippen molar-refractivity contribution in [1.82, 2.24) is 4.90 Å². The topological polar surface area (TPSA) is 40.2 Å². The zero-order valence-corrected chi connectivity index (χ0v) is 23.0. The maximum atomic E-state index is 5.71. The summed E-state index contributed by atoms with van der Waals surface area (Å²) in [5.74, 6) is 2.94. The Labute approximate surface area is 219 Å². The van der Waals surface area contributed by atoms with Gasteiger partial charge in [-0.25, -0.2) is 0 Å². The molecule has 1 heterocycles. The molecule has 1 aliphatic rings. The number of nitrogens with zero attached hydrogens (tertiary/aromatic N) is 1. The molecule has 0 atom stereocenters. The summed E-state index contributed by atoms with van der Waals surface area (Å²) in [6.07, 6.45) is 0.964. The summed E-state index contributed by atoms with van der Waals surface area (Å²) in [5, 5.41) is 4.67. The van der Waals surface area contributed by atoms with Gasteiger partial charge in [0.1, 0.15) is 0 Å². The summed E-state index contributed by atoms with van der Waals surface area (Å²) in [5.41, 5.74) is 5.57. The Bertz CT molecular complexity index is 1450. The van der Waals surface area contributed by atoms with Crippen molar-refractivity contribution in [2.45, 2.75) is 45.7 Å². The first kappa shape index (κ1) is 25.2. The van der Waals surface area contributed by atoms with Crippen molar-refractivity contribution < 1.29 is 18.9 Å². The van der Waals surface area contributed by atoms with E-state index in [4.69, 9.17) is 18.9 Å². The van der Waals surface area contributed by atoms with Gasteiger partial charge in [-0.05, 0) is 79.9 Å². The van der Waals surface area contributed by atoms with Gasteiger partial charge in [0, 0.05) is 19.6 Å². The normalized spacial score (nSPS) is 14.0. The Morgan fingerprint density at radius 2 is 1.11 bits per heavy atom. The van der Waals surface area contributed by atoms with Crippen LogP contribution in [0.2, 0.25) is 0 Å². The van der Waals surface area contributed by atoms with Crippen molar-refractivity contribution in [3.05, 3.63) is 70.8 Å². The van der Waals surface area contributed by atoms with Gasteiger partial charge >= 0.3 is 0 Å². The van der Waals surface area contributed by atoms with Gasteiger partial charge in [-0.3, -0.25) is 4.90 Å². The van der Waals surface area contributed by atoms with Crippen LogP contribution < -0.4 is 18.9 Å². The van der Waals surface area contributed by atoms with Crippen LogP contribution in [0.15, 0.2) is 48.5 Å². The van der Waals surface area contributed by atoms with E-state index in [0.29, 0.717) is 0 Å². The molecule has 0 saturated heterocycles. The van der Waals surface area contributed by atoms with Crippen molar-refractivity contribution in [3.63, 3.8) is 0 Å². The molecule has 194 valence electrons. The van der Waals surface area contributed by atoms with Gasteiger partial charge in [0.25, 0.3) is 0 Å². The van der Waals surface area contributed by atoms with E-state index < -0.39 is 0 Å². The van der Waals surface area contributed by atoms with Crippen molar-refractivity contribution >= 4 is 21.5 Å². The van der Waals surface area contributed by atoms with Crippen LogP contribution in [0.3, 0.4) is 0 Å². The molecule has 0 unspecified atom stereocenters. The van der Waals surface area contributed by atoms with Gasteiger partial charge < -0.3 is 18.9 Å². The largest absolute Gasteiger partial charge is 0.493 e. The first-order valence-electron chi connectivity index (χ1n) is 12.8. The molecule has 0 N–H and O–H groups in total. The van der Waals surface area contributed by atoms with Gasteiger partial charge in [0.15, 0.2) is 23.0 Å². The average Bonchev–Trinajstić information content (AvgIpc) is 2.91. The summed E-state index contributed by atoms with van der Waals surface area (Å²) >= 11 is 0. The molecule has 37 heavy (non-hydrogen) atoms. The molecule has 0 amide bonds. The van der Waals surface area contributed by atoms with Gasteiger partial charge in [-0.15, -0.1) is 0 Å². The summed E-state index contributed by atoms with van der Waals surface area (Å²) in [6, 6.07) is 17.5. The number of hydrogen-bond donors (Lipinski definition) is 0. The van der Waals surface area contributed by atoms with Crippen molar-refractivity contribution in [3.8, 4) is 23.0 Å². The molecule has 0 radical (unpaired) electrons. The zero-order valence-electron chi connectivity index (χ0n) is 23.0. The number of hydrogen-bond acceptors (Lipinski definition) is 5. The number of benzene rings is 4. The van der Waals surface area contributed by atoms with Gasteiger partial charge in [-0.2, -0.15) is 0 Å². The lowest BCUT2D eigenvalue weighted by Crippen LogP contribution is -2.30. The maximum absolute atomic E-state index is 5.71. The second-order valence-corrected chi connectivity index (χ2v) is 10.9. The molecule has 0 spiro atoms. The minimum absolute atomic E-state index is 0.159. The van der Waals surface area contributed by atoms with Crippen molar-refractivity contribution in [2.75, 3.05) is 35.0 Å². The van der Waals surface area contributed by atoms with E-state index in [-0.39, 0.29) is 5.41 Å². The molecule has 5 heteroatoms. The third-order valence-corrected chi connectivity index (χ3v) is 7.64. The number of methoxy groups -OCH3 is 4. The first-order chi connectivity index (χ1) is 17.8. The van der Waals surface area contributed by atoms with Crippen LogP contribution >= 0.6 is 0 Å². The lowest BCUT2D eigenvalue weighted by atomic mass is 9.86. The average molecular weight is 500 g/mol. The molecule has 0 bridgehead atoms. The quantitative estimate of drug-likeness (QED) is 0.270. The second-order valence-electron chi connectivity index (χ2n) is 10.9. The van der Waals surface area contributed by atoms with Gasteiger partial charge in [0.05, 0.1) is 28.4 Å². The predicted molar refractivity (Wildman–Crippen MR) is 151 cm³/mol. The fraction of sp³-hybridized carbons (Fsp3) is 0.375. The minimum atomic E-state index is 0.159. The molecule has 4 aromatic rings. The molecule has 1 aliphatic heterocycles. The lowest BCUT2D eigenvalue weighted by Gasteiger charge is -2.31. The van der Waals surface area contributed by atoms with Crippen LogP contribution in [-0.4, -0.2) is 39.9 Å². The number of rotatable bonds is 6. The molecule has 0 saturated carbocycles. The van der Waals surface area contributed by atoms with E-state index >= 15 is 0 Å². The highest BCUT2D eigenvalue weighted by Crippen LogP contribution is 2.44. The minimum Gasteiger partial charge on any atom is -0.493 e. The third kappa shape index (κ3) is 4.57. The summed E-state index contributed by atoms with van der Waals surface area (Å²) in [4.78, 5) is 2.54. The Morgan fingerprint density at radius 1 is 0.649 bits per heavy atom. The van der Waals surface area contributed by atoms with Crippen molar-refractivity contribution in [2.24, 2.45) is 0 Å². The molecular formula is C32H37NO4. The summed E-state index contributed by atoms with van der Waals surface area (Å²) in [7, 11) is 6.75. The predicted octanol–water partition coefficient (Wildman–Crippen LogP) is 6.88. The molecule has 5 nitrogen and oxygen atoms in total. The Hall–Kier alpha value is -3.44. The lowest BCUT2D eigenvalue weighted by molar-refractivity contribution is 0.247. The molecule has 0 aromatic heterocycles. The smallest absolute Gasteiger partial charge is 0.161 e. The highest BCUT2D eigenvalue weighted by molar-refractivity contribution is 6.12. The van der Waals surface area contributed by atoms with E-state index in [2.05, 4.69) is 74.2 Å². The first-order valence-corrected chi connectivity index (χ1v) is 12.8. The molecule has 4 aromatic carbocycles. The Balaban J connectivity index is 1.63. The number of fused-ring (bicyclic) bond motifs is 6. The van der Waals surface area contributed by atoms with E-state index in [1.54, 1.807) is 28.4 Å². The van der Waals surface area contributed by atoms with E-state index in [1.165, 1.54) is 33.0 Å². The van der Waals surface area contributed by atoms with E-state index in [1.807, 2.05) is 0 Å². The summed E-state index contributed by atoms with van der Waals surface area (Å²) in [6.45, 7) is 9.55. The summed E-state index contributed by atoms with van der Waals surface area (Å²) < 4.78 is 22.7. The fourth-order valence-electron chi connectivity index (χ4n) is 5.57. The molecule has 5 rings (SSSR count). The van der Waals surface area contributed by atoms with E-state index in [0.717, 1.165) is 59.8 Å². The standard InChI is InChI=1S/C32H37NO4/c1-32(2,3)21-10-8-20(9-11-21)18-33-13-12-22-23-14-28(34-4)29(35-5)15-24(23)25-16-30(36-6)31(37-7)17-26(25)27(22)19-33/h8-11,14-17H,12-13,18-19H2,1-7H3. The van der Waals surface area contributed by atoms with Crippen LogP contribution in [-0.2, 0) is 24.9 Å². The maximum Gasteiger partial charge on any atom is 0.161 e. The third-order valence-electron chi connectivity index (χ3n) is 7.64. The monoisotopic (exact) mass is 499 g/mol. The van der Waals surface area contributed by atoms with Crippen LogP contribution in [0, 0.1) is 0 Å². The molecule has 0 aliphatic carbocycles. The highest BCUT2D eigenvalue weighted by Gasteiger charge is 2.25. The highest BCUT2D eigenvalue weighted by atomic mass is 16.5. The zero-order chi connectivity index (χ0) is 26.3. The Kier molecular flexibility index (Phi) is 6.67. The van der Waals surface area contributed by atoms with Crippen LogP contribution in [0.25, 0.3) is 21.5 Å². The van der Waals surface area contributed by atoms with Crippen LogP contribution in [0.5, 0.6) is 23.0 Å². The van der Waals surface area contributed by atoms with Gasteiger partial charge in [0.2, 0.25) is 0 Å². The van der Waals surface area contributed by atoms with Crippen LogP contribution in [0.1, 0.15) is 43.0 Å². The molecule has 0 fully saturated rings. The van der Waals surface area contributed by atoms with E-state index in [9.17, 15) is 0 Å². The second kappa shape index (κ2) is 9.79. The Morgan fingerprint density at radius 3 is 1.57 bits per heavy atom. The van der Waals surface area contributed by atoms with Crippen LogP contribution in [0.4, 0.5) is 0 Å².